The molecule has 45 heavy (non-hydrogen) atoms. The zero-order valence-electron chi connectivity index (χ0n) is 28.5. The lowest BCUT2D eigenvalue weighted by Gasteiger charge is -2.38. The van der Waals surface area contributed by atoms with Gasteiger partial charge in [0.05, 0.1) is 34.8 Å². The number of rotatable bonds is 9. The molecule has 2 heterocycles. The molecule has 3 N–H and O–H groups in total. The largest absolute Gasteiger partial charge is 0.444 e. The first-order chi connectivity index (χ1) is 20.7. The van der Waals surface area contributed by atoms with E-state index >= 15 is 0 Å². The topological polar surface area (TPSA) is 130 Å². The molecule has 1 aliphatic rings. The quantitative estimate of drug-likeness (QED) is 0.220. The molecule has 1 aromatic carbocycles. The number of hydrogen-bond donors (Lipinski definition) is 3. The molecule has 0 radical (unpaired) electrons. The summed E-state index contributed by atoms with van der Waals surface area (Å²) in [6.07, 6.45) is -0.840. The monoisotopic (exact) mass is 658 g/mol. The van der Waals surface area contributed by atoms with Crippen LogP contribution >= 0.6 is 11.3 Å². The number of aliphatic hydroxyl groups is 1. The van der Waals surface area contributed by atoms with Crippen molar-refractivity contribution < 1.29 is 28.7 Å². The third-order valence-electron chi connectivity index (χ3n) is 8.25. The highest BCUT2D eigenvalue weighted by molar-refractivity contribution is 7.13. The Bertz CT molecular complexity index is 1400. The summed E-state index contributed by atoms with van der Waals surface area (Å²) in [6.45, 7) is 21.2. The molecule has 1 saturated heterocycles. The van der Waals surface area contributed by atoms with Gasteiger partial charge in [0.1, 0.15) is 17.3 Å². The molecule has 1 unspecified atom stereocenters. The van der Waals surface area contributed by atoms with Crippen LogP contribution in [0, 0.1) is 6.92 Å². The fraction of sp³-hybridized carbons (Fsp3) is 0.576. The number of amides is 3. The fourth-order valence-electron chi connectivity index (χ4n) is 4.84. The molecule has 10 nitrogen and oxygen atoms in total. The molecule has 3 amide bonds. The van der Waals surface area contributed by atoms with Crippen LogP contribution in [-0.2, 0) is 18.8 Å². The van der Waals surface area contributed by atoms with E-state index in [2.05, 4.69) is 49.5 Å². The van der Waals surface area contributed by atoms with Gasteiger partial charge in [0.25, 0.3) is 5.91 Å². The molecule has 1 aliphatic heterocycles. The summed E-state index contributed by atoms with van der Waals surface area (Å²) in [4.78, 5) is 47.5. The molecule has 1 fully saturated rings. The van der Waals surface area contributed by atoms with Gasteiger partial charge in [-0.15, -0.1) is 11.3 Å². The predicted molar refractivity (Wildman–Crippen MR) is 180 cm³/mol. The Balaban J connectivity index is 1.88. The first-order valence-corrected chi connectivity index (χ1v) is 19.1. The lowest BCUT2D eigenvalue weighted by atomic mass is 10.0. The zero-order chi connectivity index (χ0) is 33.9. The Kier molecular flexibility index (Phi) is 11.4. The molecule has 1 aromatic heterocycles. The lowest BCUT2D eigenvalue weighted by Crippen LogP contribution is -2.49. The van der Waals surface area contributed by atoms with Crippen molar-refractivity contribution in [2.75, 3.05) is 13.2 Å². The zero-order valence-corrected chi connectivity index (χ0v) is 30.3. The number of aryl methyl sites for hydroxylation is 1. The summed E-state index contributed by atoms with van der Waals surface area (Å²) < 4.78 is 12.1. The number of alkyl carbamates (subject to hydrolysis) is 1. The third kappa shape index (κ3) is 9.24. The van der Waals surface area contributed by atoms with E-state index in [0.29, 0.717) is 5.57 Å². The average molecular weight is 659 g/mol. The second-order valence-corrected chi connectivity index (χ2v) is 20.0. The van der Waals surface area contributed by atoms with Crippen LogP contribution in [0.25, 0.3) is 10.4 Å². The van der Waals surface area contributed by atoms with Crippen LogP contribution in [0.4, 0.5) is 4.79 Å². The first kappa shape index (κ1) is 36.4. The summed E-state index contributed by atoms with van der Waals surface area (Å²) in [6, 6.07) is 6.08. The number of benzene rings is 1. The van der Waals surface area contributed by atoms with Crippen LogP contribution < -0.4 is 10.6 Å². The second-order valence-electron chi connectivity index (χ2n) is 14.3. The van der Waals surface area contributed by atoms with Crippen molar-refractivity contribution in [2.45, 2.75) is 111 Å². The maximum Gasteiger partial charge on any atom is 0.412 e. The van der Waals surface area contributed by atoms with Crippen LogP contribution in [0.15, 0.2) is 41.0 Å². The molecule has 3 atom stereocenters. The minimum absolute atomic E-state index is 0.0580. The summed E-state index contributed by atoms with van der Waals surface area (Å²) in [5.41, 5.74) is 4.36. The standard InChI is InChI=1S/C33H50N4O6SSi/c1-20(2)27(36-31(41)42-32(4,5)6)30(40)37-17-24(43-45(10,11)33(7,8)9)16-26(37)29(39)35-25(18-38)22-12-14-23(15-13-22)28-21(3)34-19-44-28/h12-15,19,24-26,38H,16-18H2,1-11H3,(H,35,39)(H,36,41)/t24?,25-,26-/m0/s1. The molecular weight excluding hydrogens is 609 g/mol. The molecule has 0 spiro atoms. The molecule has 0 aliphatic carbocycles. The molecule has 248 valence electrons. The maximum atomic E-state index is 14.0. The van der Waals surface area contributed by atoms with Crippen LogP contribution in [-0.4, -0.2) is 72.1 Å². The average Bonchev–Trinajstić information content (AvgIpc) is 3.54. The van der Waals surface area contributed by atoms with E-state index < -0.39 is 43.9 Å². The van der Waals surface area contributed by atoms with Crippen molar-refractivity contribution in [3.63, 3.8) is 0 Å². The van der Waals surface area contributed by atoms with Crippen LogP contribution in [0.5, 0.6) is 0 Å². The van der Waals surface area contributed by atoms with Crippen molar-refractivity contribution >= 4 is 37.6 Å². The molecule has 0 bridgehead atoms. The van der Waals surface area contributed by atoms with Crippen molar-refractivity contribution in [3.05, 3.63) is 52.3 Å². The Morgan fingerprint density at radius 2 is 1.73 bits per heavy atom. The van der Waals surface area contributed by atoms with Gasteiger partial charge in [0.15, 0.2) is 8.32 Å². The number of thiazole rings is 1. The van der Waals surface area contributed by atoms with Gasteiger partial charge in [-0.3, -0.25) is 14.9 Å². The second kappa shape index (κ2) is 14.1. The van der Waals surface area contributed by atoms with Gasteiger partial charge in [-0.2, -0.15) is 0 Å². The van der Waals surface area contributed by atoms with Crippen LogP contribution in [0.3, 0.4) is 0 Å². The van der Waals surface area contributed by atoms with Crippen molar-refractivity contribution in [1.29, 1.82) is 0 Å². The summed E-state index contributed by atoms with van der Waals surface area (Å²) >= 11 is 1.55. The number of hydrogen-bond acceptors (Lipinski definition) is 8. The minimum Gasteiger partial charge on any atom is -0.444 e. The number of carbonyl (C=O) groups excluding carboxylic acids is 3. The van der Waals surface area contributed by atoms with Gasteiger partial charge >= 0.3 is 6.09 Å². The molecular formula is C33H50N4O6SSi. The van der Waals surface area contributed by atoms with Gasteiger partial charge in [0, 0.05) is 13.0 Å². The van der Waals surface area contributed by atoms with E-state index in [1.54, 1.807) is 51.5 Å². The van der Waals surface area contributed by atoms with Crippen molar-refractivity contribution in [2.24, 2.45) is 0 Å². The minimum atomic E-state index is -2.24. The van der Waals surface area contributed by atoms with Crippen LogP contribution in [0.1, 0.15) is 79.1 Å². The number of carbonyl (C=O) groups is 3. The first-order valence-electron chi connectivity index (χ1n) is 15.3. The van der Waals surface area contributed by atoms with E-state index in [1.165, 1.54) is 4.90 Å². The highest BCUT2D eigenvalue weighted by Crippen LogP contribution is 2.39. The number of aromatic nitrogens is 1. The van der Waals surface area contributed by atoms with E-state index in [-0.39, 0.29) is 36.4 Å². The van der Waals surface area contributed by atoms with Gasteiger partial charge < -0.3 is 24.5 Å². The Labute approximate surface area is 272 Å². The van der Waals surface area contributed by atoms with E-state index in [0.717, 1.165) is 21.7 Å². The number of aliphatic hydroxyl groups excluding tert-OH is 1. The molecule has 3 rings (SSSR count). The number of ether oxygens (including phenoxy) is 1. The summed E-state index contributed by atoms with van der Waals surface area (Å²) in [7, 11) is -2.24. The smallest absolute Gasteiger partial charge is 0.412 e. The van der Waals surface area contributed by atoms with Crippen molar-refractivity contribution in [1.82, 2.24) is 20.5 Å². The van der Waals surface area contributed by atoms with Gasteiger partial charge in [-0.25, -0.2) is 9.78 Å². The van der Waals surface area contributed by atoms with Crippen molar-refractivity contribution in [3.8, 4) is 10.4 Å². The Morgan fingerprint density at radius 1 is 1.11 bits per heavy atom. The number of nitrogens with one attached hydrogen (secondary N) is 2. The Hall–Kier alpha value is -3.06. The maximum absolute atomic E-state index is 14.0. The predicted octanol–water partition coefficient (Wildman–Crippen LogP) is 6.08. The number of allylic oxidation sites excluding steroid dienone is 1. The number of nitrogens with zero attached hydrogens (tertiary/aromatic N) is 2. The SMILES string of the molecule is CC(C)=C(NC(=O)OC(C)(C)C)C(=O)N1CC(O[Si](C)(C)C(C)(C)C)C[C@H]1C(=O)N[C@@H](CO)c1ccc(-c2scnc2C)cc1. The van der Waals surface area contributed by atoms with E-state index in [1.807, 2.05) is 31.2 Å². The highest BCUT2D eigenvalue weighted by Gasteiger charge is 2.46. The molecule has 12 heteroatoms. The molecule has 2 aromatic rings. The van der Waals surface area contributed by atoms with E-state index in [4.69, 9.17) is 9.16 Å². The fourth-order valence-corrected chi connectivity index (χ4v) is 7.01. The van der Waals surface area contributed by atoms with Gasteiger partial charge in [0.2, 0.25) is 5.91 Å². The summed E-state index contributed by atoms with van der Waals surface area (Å²) in [5.74, 6) is -0.899. The Morgan fingerprint density at radius 3 is 2.22 bits per heavy atom. The summed E-state index contributed by atoms with van der Waals surface area (Å²) in [5, 5.41) is 15.8. The molecule has 0 saturated carbocycles. The highest BCUT2D eigenvalue weighted by atomic mass is 32.1. The van der Waals surface area contributed by atoms with Gasteiger partial charge in [-0.1, -0.05) is 45.0 Å². The lowest BCUT2D eigenvalue weighted by molar-refractivity contribution is -0.136. The normalized spacial score (nSPS) is 17.9. The van der Waals surface area contributed by atoms with Gasteiger partial charge in [-0.05, 0) is 76.4 Å². The third-order valence-corrected chi connectivity index (χ3v) is 13.8. The number of likely N-dealkylation sites (tertiary alicyclic amines) is 1. The van der Waals surface area contributed by atoms with E-state index in [9.17, 15) is 19.5 Å². The van der Waals surface area contributed by atoms with Crippen LogP contribution in [0.2, 0.25) is 18.1 Å².